The van der Waals surface area contributed by atoms with Crippen LogP contribution in [0.25, 0.3) is 0 Å². The van der Waals surface area contributed by atoms with Gasteiger partial charge < -0.3 is 10.1 Å². The van der Waals surface area contributed by atoms with Crippen molar-refractivity contribution in [3.8, 4) is 0 Å². The average Bonchev–Trinajstić information content (AvgIpc) is 2.53. The summed E-state index contributed by atoms with van der Waals surface area (Å²) < 4.78 is 5.27. The largest absolute Gasteiger partial charge is 0.380 e. The SMILES string of the molecule is CNC(c1sccc1Cl)C(C)OC. The molecule has 2 atom stereocenters. The lowest BCUT2D eigenvalue weighted by molar-refractivity contribution is 0.0868. The van der Waals surface area contributed by atoms with Crippen molar-refractivity contribution in [1.29, 1.82) is 0 Å². The summed E-state index contributed by atoms with van der Waals surface area (Å²) in [6.07, 6.45) is 0.126. The minimum Gasteiger partial charge on any atom is -0.380 e. The fourth-order valence-corrected chi connectivity index (χ4v) is 2.62. The van der Waals surface area contributed by atoms with Gasteiger partial charge in [-0.3, -0.25) is 0 Å². The Morgan fingerprint density at radius 1 is 1.62 bits per heavy atom. The van der Waals surface area contributed by atoms with E-state index in [1.807, 2.05) is 25.4 Å². The summed E-state index contributed by atoms with van der Waals surface area (Å²) in [7, 11) is 3.62. The van der Waals surface area contributed by atoms with E-state index in [9.17, 15) is 0 Å². The first-order valence-electron chi connectivity index (χ1n) is 4.13. The quantitative estimate of drug-likeness (QED) is 0.841. The third-order valence-corrected chi connectivity index (χ3v) is 3.52. The Morgan fingerprint density at radius 3 is 2.69 bits per heavy atom. The highest BCUT2D eigenvalue weighted by molar-refractivity contribution is 7.10. The second-order valence-corrected chi connectivity index (χ2v) is 4.19. The summed E-state index contributed by atoms with van der Waals surface area (Å²) in [4.78, 5) is 1.14. The molecule has 0 bridgehead atoms. The lowest BCUT2D eigenvalue weighted by Gasteiger charge is -2.21. The predicted molar refractivity (Wildman–Crippen MR) is 57.6 cm³/mol. The molecule has 0 amide bonds. The molecule has 0 aliphatic rings. The summed E-state index contributed by atoms with van der Waals surface area (Å²) in [6.45, 7) is 2.03. The zero-order valence-corrected chi connectivity index (χ0v) is 9.58. The van der Waals surface area contributed by atoms with Gasteiger partial charge in [-0.15, -0.1) is 11.3 Å². The van der Waals surface area contributed by atoms with E-state index in [1.54, 1.807) is 18.4 Å². The smallest absolute Gasteiger partial charge is 0.0746 e. The fraction of sp³-hybridized carbons (Fsp3) is 0.556. The van der Waals surface area contributed by atoms with Crippen LogP contribution >= 0.6 is 22.9 Å². The lowest BCUT2D eigenvalue weighted by Crippen LogP contribution is -2.28. The Kier molecular flexibility index (Phi) is 4.19. The third kappa shape index (κ3) is 2.44. The van der Waals surface area contributed by atoms with Crippen LogP contribution in [-0.2, 0) is 4.74 Å². The number of thiophene rings is 1. The molecule has 0 radical (unpaired) electrons. The van der Waals surface area contributed by atoms with Gasteiger partial charge in [0.1, 0.15) is 0 Å². The van der Waals surface area contributed by atoms with Crippen LogP contribution in [0.3, 0.4) is 0 Å². The van der Waals surface area contributed by atoms with Gasteiger partial charge >= 0.3 is 0 Å². The maximum absolute atomic E-state index is 6.03. The van der Waals surface area contributed by atoms with E-state index in [4.69, 9.17) is 16.3 Å². The number of nitrogens with one attached hydrogen (secondary N) is 1. The first-order valence-corrected chi connectivity index (χ1v) is 5.39. The number of rotatable bonds is 4. The monoisotopic (exact) mass is 219 g/mol. The maximum atomic E-state index is 6.03. The minimum atomic E-state index is 0.126. The van der Waals surface area contributed by atoms with Crippen molar-refractivity contribution in [1.82, 2.24) is 5.32 Å². The summed E-state index contributed by atoms with van der Waals surface area (Å²) in [5, 5.41) is 6.00. The van der Waals surface area contributed by atoms with Gasteiger partial charge in [-0.2, -0.15) is 0 Å². The van der Waals surface area contributed by atoms with Crippen molar-refractivity contribution in [2.24, 2.45) is 0 Å². The summed E-state index contributed by atoms with van der Waals surface area (Å²) in [5.41, 5.74) is 0. The Hall–Kier alpha value is -0.0900. The van der Waals surface area contributed by atoms with Crippen LogP contribution in [0.4, 0.5) is 0 Å². The van der Waals surface area contributed by atoms with Crippen LogP contribution in [0.2, 0.25) is 5.02 Å². The molecule has 4 heteroatoms. The van der Waals surface area contributed by atoms with Crippen molar-refractivity contribution < 1.29 is 4.74 Å². The highest BCUT2D eigenvalue weighted by Gasteiger charge is 2.20. The highest BCUT2D eigenvalue weighted by atomic mass is 35.5. The van der Waals surface area contributed by atoms with Crippen LogP contribution in [0.15, 0.2) is 11.4 Å². The summed E-state index contributed by atoms with van der Waals surface area (Å²) in [6, 6.07) is 2.09. The highest BCUT2D eigenvalue weighted by Crippen LogP contribution is 2.30. The first kappa shape index (κ1) is 11.0. The average molecular weight is 220 g/mol. The molecule has 2 unspecified atom stereocenters. The normalized spacial score (nSPS) is 15.7. The Labute approximate surface area is 87.9 Å². The van der Waals surface area contributed by atoms with Crippen LogP contribution in [0.5, 0.6) is 0 Å². The molecular formula is C9H14ClNOS. The van der Waals surface area contributed by atoms with E-state index < -0.39 is 0 Å². The topological polar surface area (TPSA) is 21.3 Å². The van der Waals surface area contributed by atoms with Gasteiger partial charge in [0.2, 0.25) is 0 Å². The maximum Gasteiger partial charge on any atom is 0.0746 e. The standard InChI is InChI=1S/C9H14ClNOS/c1-6(12-3)8(11-2)9-7(10)4-5-13-9/h4-6,8,11H,1-3H3. The molecular weight excluding hydrogens is 206 g/mol. The minimum absolute atomic E-state index is 0.126. The van der Waals surface area contributed by atoms with Gasteiger partial charge in [-0.05, 0) is 25.4 Å². The van der Waals surface area contributed by atoms with Crippen molar-refractivity contribution >= 4 is 22.9 Å². The van der Waals surface area contributed by atoms with E-state index in [0.717, 1.165) is 9.90 Å². The summed E-state index contributed by atoms with van der Waals surface area (Å²) in [5.74, 6) is 0. The molecule has 1 heterocycles. The molecule has 0 aliphatic heterocycles. The van der Waals surface area contributed by atoms with Crippen molar-refractivity contribution in [2.45, 2.75) is 19.1 Å². The van der Waals surface area contributed by atoms with Crippen LogP contribution in [0.1, 0.15) is 17.8 Å². The molecule has 1 aromatic rings. The van der Waals surface area contributed by atoms with Crippen molar-refractivity contribution in [3.05, 3.63) is 21.3 Å². The molecule has 0 saturated carbocycles. The first-order chi connectivity index (χ1) is 6.20. The Morgan fingerprint density at radius 2 is 2.31 bits per heavy atom. The van der Waals surface area contributed by atoms with Crippen molar-refractivity contribution in [3.63, 3.8) is 0 Å². The predicted octanol–water partition coefficient (Wildman–Crippen LogP) is 2.70. The molecule has 0 saturated heterocycles. The molecule has 1 rings (SSSR count). The zero-order valence-electron chi connectivity index (χ0n) is 8.00. The number of ether oxygens (including phenoxy) is 1. The molecule has 13 heavy (non-hydrogen) atoms. The second-order valence-electron chi connectivity index (χ2n) is 2.84. The van der Waals surface area contributed by atoms with E-state index in [2.05, 4.69) is 5.32 Å². The van der Waals surface area contributed by atoms with E-state index in [-0.39, 0.29) is 12.1 Å². The van der Waals surface area contributed by atoms with Gasteiger partial charge in [0, 0.05) is 12.0 Å². The number of halogens is 1. The zero-order chi connectivity index (χ0) is 9.84. The number of hydrogen-bond donors (Lipinski definition) is 1. The van der Waals surface area contributed by atoms with E-state index in [0.29, 0.717) is 0 Å². The molecule has 0 aliphatic carbocycles. The van der Waals surface area contributed by atoms with Gasteiger partial charge in [-0.1, -0.05) is 11.6 Å². The van der Waals surface area contributed by atoms with Gasteiger partial charge in [0.15, 0.2) is 0 Å². The summed E-state index contributed by atoms with van der Waals surface area (Å²) >= 11 is 7.68. The van der Waals surface area contributed by atoms with Gasteiger partial charge in [-0.25, -0.2) is 0 Å². The van der Waals surface area contributed by atoms with Crippen LogP contribution in [0, 0.1) is 0 Å². The van der Waals surface area contributed by atoms with Gasteiger partial charge in [0.25, 0.3) is 0 Å². The molecule has 1 aromatic heterocycles. The number of methoxy groups -OCH3 is 1. The van der Waals surface area contributed by atoms with Crippen LogP contribution < -0.4 is 5.32 Å². The molecule has 0 fully saturated rings. The van der Waals surface area contributed by atoms with E-state index >= 15 is 0 Å². The lowest BCUT2D eigenvalue weighted by atomic mass is 10.1. The fourth-order valence-electron chi connectivity index (χ4n) is 1.24. The molecule has 2 nitrogen and oxygen atoms in total. The molecule has 1 N–H and O–H groups in total. The van der Waals surface area contributed by atoms with Crippen LogP contribution in [-0.4, -0.2) is 20.3 Å². The van der Waals surface area contributed by atoms with Crippen molar-refractivity contribution in [2.75, 3.05) is 14.2 Å². The Bertz CT molecular complexity index is 264. The second kappa shape index (κ2) is 4.96. The molecule has 0 aromatic carbocycles. The third-order valence-electron chi connectivity index (χ3n) is 2.08. The molecule has 74 valence electrons. The van der Waals surface area contributed by atoms with Gasteiger partial charge in [0.05, 0.1) is 17.2 Å². The van der Waals surface area contributed by atoms with E-state index in [1.165, 1.54) is 0 Å². The Balaban J connectivity index is 2.84. The number of hydrogen-bond acceptors (Lipinski definition) is 3. The number of likely N-dealkylation sites (N-methyl/N-ethyl adjacent to an activating group) is 1. The molecule has 0 spiro atoms.